The number of hydrogen-bond acceptors (Lipinski definition) is 6. The third kappa shape index (κ3) is 1.78. The van der Waals surface area contributed by atoms with Gasteiger partial charge >= 0.3 is 5.97 Å². The van der Waals surface area contributed by atoms with Gasteiger partial charge in [0.25, 0.3) is 0 Å². The van der Waals surface area contributed by atoms with Crippen LogP contribution in [-0.2, 0) is 9.53 Å². The van der Waals surface area contributed by atoms with E-state index in [0.29, 0.717) is 25.2 Å². The molecule has 108 valence electrons. The van der Waals surface area contributed by atoms with E-state index >= 15 is 0 Å². The van der Waals surface area contributed by atoms with Crippen molar-refractivity contribution in [3.63, 3.8) is 0 Å². The summed E-state index contributed by atoms with van der Waals surface area (Å²) >= 11 is 11.7. The third-order valence-corrected chi connectivity index (χ3v) is 4.57. The standard InChI is InChI=1S/C12H13Cl2N3O3/c1-20-9(19)11-3-12(4-11,6-18)17(5-11)8-2-7(13)15-10(14)16-8/h2,18H,3-6H2,1H3. The Morgan fingerprint density at radius 3 is 2.75 bits per heavy atom. The lowest BCUT2D eigenvalue weighted by molar-refractivity contribution is -0.157. The normalized spacial score (nSPS) is 31.1. The molecule has 3 aliphatic rings. The van der Waals surface area contributed by atoms with Gasteiger partial charge in [-0.05, 0) is 24.4 Å². The molecule has 4 rings (SSSR count). The highest BCUT2D eigenvalue weighted by atomic mass is 35.5. The van der Waals surface area contributed by atoms with Crippen LogP contribution in [0.1, 0.15) is 12.8 Å². The Balaban J connectivity index is 1.96. The highest BCUT2D eigenvalue weighted by Gasteiger charge is 2.69. The van der Waals surface area contributed by atoms with Gasteiger partial charge in [-0.2, -0.15) is 0 Å². The number of fused-ring (bicyclic) bond motifs is 1. The highest BCUT2D eigenvalue weighted by Crippen LogP contribution is 2.60. The molecule has 1 aliphatic carbocycles. The van der Waals surface area contributed by atoms with Crippen molar-refractivity contribution in [3.8, 4) is 0 Å². The van der Waals surface area contributed by atoms with Crippen LogP contribution in [0, 0.1) is 5.41 Å². The fourth-order valence-electron chi connectivity index (χ4n) is 3.44. The molecule has 1 aromatic heterocycles. The Bertz CT molecular complexity index is 555. The van der Waals surface area contributed by atoms with Crippen molar-refractivity contribution in [2.75, 3.05) is 25.2 Å². The minimum absolute atomic E-state index is 0.0387. The summed E-state index contributed by atoms with van der Waals surface area (Å²) in [6.07, 6.45) is 1.09. The maximum Gasteiger partial charge on any atom is 0.313 e. The molecule has 0 radical (unpaired) electrons. The first-order valence-corrected chi connectivity index (χ1v) is 6.87. The van der Waals surface area contributed by atoms with Gasteiger partial charge in [-0.15, -0.1) is 0 Å². The van der Waals surface area contributed by atoms with Crippen LogP contribution < -0.4 is 4.90 Å². The molecule has 0 spiro atoms. The van der Waals surface area contributed by atoms with E-state index in [1.54, 1.807) is 6.07 Å². The smallest absolute Gasteiger partial charge is 0.313 e. The molecule has 1 aromatic rings. The Hall–Kier alpha value is -1.11. The Morgan fingerprint density at radius 1 is 1.50 bits per heavy atom. The molecule has 0 amide bonds. The van der Waals surface area contributed by atoms with Gasteiger partial charge in [0, 0.05) is 12.6 Å². The number of esters is 1. The summed E-state index contributed by atoms with van der Waals surface area (Å²) in [6, 6.07) is 1.58. The third-order valence-electron chi connectivity index (χ3n) is 4.21. The van der Waals surface area contributed by atoms with Gasteiger partial charge in [-0.25, -0.2) is 9.97 Å². The predicted octanol–water partition coefficient (Wildman–Crippen LogP) is 1.29. The van der Waals surface area contributed by atoms with Crippen molar-refractivity contribution in [2.45, 2.75) is 18.4 Å². The fourth-order valence-corrected chi connectivity index (χ4v) is 3.84. The number of aromatic nitrogens is 2. The number of hydrogen-bond donors (Lipinski definition) is 1. The second-order valence-electron chi connectivity index (χ2n) is 5.41. The summed E-state index contributed by atoms with van der Waals surface area (Å²) in [7, 11) is 1.37. The molecule has 2 bridgehead atoms. The summed E-state index contributed by atoms with van der Waals surface area (Å²) in [5.74, 6) is 0.266. The summed E-state index contributed by atoms with van der Waals surface area (Å²) in [5, 5.41) is 9.96. The zero-order chi connectivity index (χ0) is 14.5. The van der Waals surface area contributed by atoms with Crippen LogP contribution in [0.25, 0.3) is 0 Å². The summed E-state index contributed by atoms with van der Waals surface area (Å²) in [5.41, 5.74) is -1.06. The van der Waals surface area contributed by atoms with Gasteiger partial charge in [0.1, 0.15) is 11.0 Å². The molecule has 6 nitrogen and oxygen atoms in total. The van der Waals surface area contributed by atoms with Crippen LogP contribution in [0.15, 0.2) is 6.07 Å². The first kappa shape index (κ1) is 13.9. The van der Waals surface area contributed by atoms with Crippen molar-refractivity contribution in [3.05, 3.63) is 16.5 Å². The van der Waals surface area contributed by atoms with Gasteiger partial charge in [-0.1, -0.05) is 11.6 Å². The number of rotatable bonds is 3. The minimum Gasteiger partial charge on any atom is -0.469 e. The van der Waals surface area contributed by atoms with Crippen LogP contribution in [0.5, 0.6) is 0 Å². The summed E-state index contributed by atoms with van der Waals surface area (Å²) < 4.78 is 4.86. The Morgan fingerprint density at radius 2 is 2.20 bits per heavy atom. The molecule has 20 heavy (non-hydrogen) atoms. The molecule has 0 atom stereocenters. The molecular formula is C12H13Cl2N3O3. The molecular weight excluding hydrogens is 305 g/mol. The number of methoxy groups -OCH3 is 1. The maximum absolute atomic E-state index is 11.9. The number of ether oxygens (including phenoxy) is 1. The van der Waals surface area contributed by atoms with Crippen molar-refractivity contribution in [1.29, 1.82) is 0 Å². The predicted molar refractivity (Wildman–Crippen MR) is 72.9 cm³/mol. The Kier molecular flexibility index (Phi) is 3.08. The summed E-state index contributed by atoms with van der Waals surface area (Å²) in [6.45, 7) is 0.370. The summed E-state index contributed by atoms with van der Waals surface area (Å²) in [4.78, 5) is 21.7. The molecule has 0 unspecified atom stereocenters. The quantitative estimate of drug-likeness (QED) is 0.514. The topological polar surface area (TPSA) is 75.5 Å². The number of nitrogens with zero attached hydrogens (tertiary/aromatic N) is 3. The van der Waals surface area contributed by atoms with Crippen molar-refractivity contribution in [2.24, 2.45) is 5.41 Å². The SMILES string of the molecule is COC(=O)C12CN(c3cc(Cl)nc(Cl)n3)C(CO)(C1)C2. The second kappa shape index (κ2) is 4.44. The average molecular weight is 318 g/mol. The number of carbonyl (C=O) groups is 1. The van der Waals surface area contributed by atoms with E-state index in [9.17, 15) is 9.90 Å². The largest absolute Gasteiger partial charge is 0.469 e. The van der Waals surface area contributed by atoms with E-state index in [4.69, 9.17) is 27.9 Å². The lowest BCUT2D eigenvalue weighted by Gasteiger charge is -2.45. The van der Waals surface area contributed by atoms with Gasteiger partial charge in [-0.3, -0.25) is 4.79 Å². The molecule has 2 aliphatic heterocycles. The first-order valence-electron chi connectivity index (χ1n) is 6.12. The van der Waals surface area contributed by atoms with Crippen molar-refractivity contribution in [1.82, 2.24) is 9.97 Å². The zero-order valence-electron chi connectivity index (χ0n) is 10.8. The number of aliphatic hydroxyl groups excluding tert-OH is 1. The zero-order valence-corrected chi connectivity index (χ0v) is 12.3. The molecule has 1 N–H and O–H groups in total. The maximum atomic E-state index is 11.9. The number of halogens is 2. The van der Waals surface area contributed by atoms with E-state index in [1.807, 2.05) is 4.90 Å². The first-order chi connectivity index (χ1) is 9.44. The number of carbonyl (C=O) groups excluding carboxylic acids is 1. The highest BCUT2D eigenvalue weighted by molar-refractivity contribution is 6.32. The van der Waals surface area contributed by atoms with Gasteiger partial charge in [0.15, 0.2) is 0 Å². The van der Waals surface area contributed by atoms with Crippen LogP contribution in [0.4, 0.5) is 5.82 Å². The van der Waals surface area contributed by atoms with Crippen LogP contribution in [0.2, 0.25) is 10.4 Å². The fraction of sp³-hybridized carbons (Fsp3) is 0.583. The Labute approximate surface area is 125 Å². The van der Waals surface area contributed by atoms with Crippen molar-refractivity contribution < 1.29 is 14.6 Å². The molecule has 1 saturated carbocycles. The van der Waals surface area contributed by atoms with Crippen LogP contribution in [0.3, 0.4) is 0 Å². The van der Waals surface area contributed by atoms with E-state index in [2.05, 4.69) is 9.97 Å². The monoisotopic (exact) mass is 317 g/mol. The average Bonchev–Trinajstić information content (AvgIpc) is 2.88. The van der Waals surface area contributed by atoms with E-state index in [0.717, 1.165) is 0 Å². The van der Waals surface area contributed by atoms with E-state index < -0.39 is 11.0 Å². The number of aliphatic hydroxyl groups is 1. The lowest BCUT2D eigenvalue weighted by Crippen LogP contribution is -2.54. The molecule has 8 heteroatoms. The van der Waals surface area contributed by atoms with Gasteiger partial charge in [0.2, 0.25) is 5.28 Å². The molecule has 0 aromatic carbocycles. The lowest BCUT2D eigenvalue weighted by atomic mass is 9.62. The van der Waals surface area contributed by atoms with Gasteiger partial charge in [0.05, 0.1) is 24.7 Å². The van der Waals surface area contributed by atoms with Crippen LogP contribution >= 0.6 is 23.2 Å². The second-order valence-corrected chi connectivity index (χ2v) is 6.14. The molecule has 3 fully saturated rings. The minimum atomic E-state index is -0.568. The number of anilines is 1. The van der Waals surface area contributed by atoms with E-state index in [-0.39, 0.29) is 23.0 Å². The van der Waals surface area contributed by atoms with Crippen molar-refractivity contribution >= 4 is 35.0 Å². The molecule has 2 saturated heterocycles. The molecule has 3 heterocycles. The van der Waals surface area contributed by atoms with Crippen LogP contribution in [-0.4, -0.2) is 46.8 Å². The van der Waals surface area contributed by atoms with Gasteiger partial charge < -0.3 is 14.7 Å². The van der Waals surface area contributed by atoms with E-state index in [1.165, 1.54) is 7.11 Å².